The fourth-order valence-electron chi connectivity index (χ4n) is 2.83. The minimum Gasteiger partial charge on any atom is -0.480 e. The number of carboxylic acid groups (broad SMARTS) is 1. The summed E-state index contributed by atoms with van der Waals surface area (Å²) < 4.78 is 12.0. The third-order valence-corrected chi connectivity index (χ3v) is 4.50. The zero-order valence-corrected chi connectivity index (χ0v) is 14.4. The van der Waals surface area contributed by atoms with Crippen LogP contribution < -0.4 is 9.47 Å². The van der Waals surface area contributed by atoms with Crippen molar-refractivity contribution in [3.05, 3.63) is 52.7 Å². The molecule has 3 aromatic rings. The van der Waals surface area contributed by atoms with Crippen LogP contribution in [0.1, 0.15) is 29.0 Å². The maximum absolute atomic E-state index is 12.9. The summed E-state index contributed by atoms with van der Waals surface area (Å²) in [5.41, 5.74) is 1.04. The Balaban J connectivity index is 1.92. The molecule has 2 heterocycles. The fourth-order valence-corrected chi connectivity index (χ4v) is 2.96. The number of rotatable bonds is 4. The Hall–Kier alpha value is -3.06. The molecular formula is C18H13ClN2O5. The number of hydrogen-bond acceptors (Lipinski definition) is 5. The number of aromatic nitrogens is 2. The summed E-state index contributed by atoms with van der Waals surface area (Å²) in [4.78, 5) is 24.4. The standard InChI is InChI=1S/C18H13ClN2O5/c1-9(18(23)24)21-13-7-15-14(25-8-26-15)6-12(13)16(20-21)17(22)10-2-4-11(19)5-3-10/h2-7,9H,8H2,1H3,(H,23,24). The Morgan fingerprint density at radius 3 is 2.50 bits per heavy atom. The molecule has 1 aliphatic heterocycles. The van der Waals surface area contributed by atoms with Crippen molar-refractivity contribution in [2.45, 2.75) is 13.0 Å². The fraction of sp³-hybridized carbons (Fsp3) is 0.167. The summed E-state index contributed by atoms with van der Waals surface area (Å²) in [5, 5.41) is 14.7. The molecule has 0 saturated carbocycles. The molecule has 1 N–H and O–H groups in total. The van der Waals surface area contributed by atoms with E-state index in [0.717, 1.165) is 0 Å². The summed E-state index contributed by atoms with van der Waals surface area (Å²) in [7, 11) is 0. The highest BCUT2D eigenvalue weighted by Gasteiger charge is 2.27. The Bertz CT molecular complexity index is 1040. The Morgan fingerprint density at radius 2 is 1.85 bits per heavy atom. The summed E-state index contributed by atoms with van der Waals surface area (Å²) in [6.45, 7) is 1.57. The van der Waals surface area contributed by atoms with Gasteiger partial charge in [-0.25, -0.2) is 9.48 Å². The molecule has 4 rings (SSSR count). The monoisotopic (exact) mass is 372 g/mol. The second kappa shape index (κ2) is 6.03. The lowest BCUT2D eigenvalue weighted by Crippen LogP contribution is -2.17. The van der Waals surface area contributed by atoms with E-state index in [1.54, 1.807) is 36.4 Å². The molecule has 2 aromatic carbocycles. The molecule has 1 unspecified atom stereocenters. The number of ketones is 1. The number of benzene rings is 2. The molecule has 1 aliphatic rings. The lowest BCUT2D eigenvalue weighted by Gasteiger charge is -2.08. The minimum atomic E-state index is -1.06. The third-order valence-electron chi connectivity index (χ3n) is 4.25. The highest BCUT2D eigenvalue weighted by molar-refractivity contribution is 6.30. The highest BCUT2D eigenvalue weighted by atomic mass is 35.5. The molecule has 0 bridgehead atoms. The Labute approximate surface area is 152 Å². The van der Waals surface area contributed by atoms with E-state index in [1.807, 2.05) is 0 Å². The molecule has 0 radical (unpaired) electrons. The van der Waals surface area contributed by atoms with Crippen LogP contribution in [0.5, 0.6) is 11.5 Å². The van der Waals surface area contributed by atoms with E-state index in [9.17, 15) is 14.7 Å². The zero-order valence-electron chi connectivity index (χ0n) is 13.6. The quantitative estimate of drug-likeness (QED) is 0.707. The number of ether oxygens (including phenoxy) is 2. The van der Waals surface area contributed by atoms with E-state index in [2.05, 4.69) is 5.10 Å². The smallest absolute Gasteiger partial charge is 0.328 e. The van der Waals surface area contributed by atoms with Crippen molar-refractivity contribution in [2.75, 3.05) is 6.79 Å². The van der Waals surface area contributed by atoms with E-state index >= 15 is 0 Å². The number of aliphatic carboxylic acids is 1. The average molecular weight is 373 g/mol. The van der Waals surface area contributed by atoms with Crippen molar-refractivity contribution in [3.63, 3.8) is 0 Å². The highest BCUT2D eigenvalue weighted by Crippen LogP contribution is 2.38. The zero-order chi connectivity index (χ0) is 18.4. The van der Waals surface area contributed by atoms with Crippen LogP contribution in [0.4, 0.5) is 0 Å². The Kier molecular flexibility index (Phi) is 3.81. The van der Waals surface area contributed by atoms with Gasteiger partial charge in [0.15, 0.2) is 11.5 Å². The summed E-state index contributed by atoms with van der Waals surface area (Å²) in [6, 6.07) is 8.77. The number of carboxylic acids is 1. The van der Waals surface area contributed by atoms with Gasteiger partial charge in [0.05, 0.1) is 5.52 Å². The average Bonchev–Trinajstić information content (AvgIpc) is 3.23. The van der Waals surface area contributed by atoms with Crippen molar-refractivity contribution in [2.24, 2.45) is 0 Å². The first-order chi connectivity index (χ1) is 12.5. The van der Waals surface area contributed by atoms with Crippen molar-refractivity contribution in [1.29, 1.82) is 0 Å². The summed E-state index contributed by atoms with van der Waals surface area (Å²) in [6.07, 6.45) is 0. The molecule has 1 aromatic heterocycles. The molecule has 0 spiro atoms. The van der Waals surface area contributed by atoms with Crippen LogP contribution in [0.3, 0.4) is 0 Å². The van der Waals surface area contributed by atoms with Gasteiger partial charge in [0.1, 0.15) is 11.7 Å². The maximum Gasteiger partial charge on any atom is 0.328 e. The maximum atomic E-state index is 12.9. The van der Waals surface area contributed by atoms with Crippen LogP contribution in [0, 0.1) is 0 Å². The summed E-state index contributed by atoms with van der Waals surface area (Å²) >= 11 is 5.88. The van der Waals surface area contributed by atoms with Gasteiger partial charge < -0.3 is 14.6 Å². The number of halogens is 1. The molecule has 1 atom stereocenters. The van der Waals surface area contributed by atoms with Gasteiger partial charge in [-0.1, -0.05) is 11.6 Å². The first-order valence-corrected chi connectivity index (χ1v) is 8.18. The van der Waals surface area contributed by atoms with E-state index in [1.165, 1.54) is 11.6 Å². The SMILES string of the molecule is CC(C(=O)O)n1nc(C(=O)c2ccc(Cl)cc2)c2cc3c(cc21)OCO3. The first-order valence-electron chi connectivity index (χ1n) is 7.80. The molecule has 132 valence electrons. The van der Waals surface area contributed by atoms with Gasteiger partial charge in [0, 0.05) is 22.0 Å². The van der Waals surface area contributed by atoms with Crippen LogP contribution in [-0.2, 0) is 4.79 Å². The summed E-state index contributed by atoms with van der Waals surface area (Å²) in [5.74, 6) is -0.411. The molecule has 7 nitrogen and oxygen atoms in total. The molecule has 0 saturated heterocycles. The van der Waals surface area contributed by atoms with Crippen molar-refractivity contribution in [3.8, 4) is 11.5 Å². The largest absolute Gasteiger partial charge is 0.480 e. The van der Waals surface area contributed by atoms with Crippen LogP contribution in [0.25, 0.3) is 10.9 Å². The second-order valence-corrected chi connectivity index (χ2v) is 6.30. The number of carbonyl (C=O) groups excluding carboxylic acids is 1. The van der Waals surface area contributed by atoms with E-state index in [4.69, 9.17) is 21.1 Å². The van der Waals surface area contributed by atoms with Gasteiger partial charge in [-0.05, 0) is 37.3 Å². The van der Waals surface area contributed by atoms with Gasteiger partial charge in [-0.3, -0.25) is 4.79 Å². The lowest BCUT2D eigenvalue weighted by molar-refractivity contribution is -0.140. The van der Waals surface area contributed by atoms with Crippen LogP contribution >= 0.6 is 11.6 Å². The van der Waals surface area contributed by atoms with Gasteiger partial charge >= 0.3 is 5.97 Å². The molecular weight excluding hydrogens is 360 g/mol. The number of hydrogen-bond donors (Lipinski definition) is 1. The van der Waals surface area contributed by atoms with Crippen molar-refractivity contribution in [1.82, 2.24) is 9.78 Å². The minimum absolute atomic E-state index is 0.0737. The molecule has 8 heteroatoms. The van der Waals surface area contributed by atoms with E-state index < -0.39 is 12.0 Å². The topological polar surface area (TPSA) is 90.7 Å². The van der Waals surface area contributed by atoms with Crippen molar-refractivity contribution < 1.29 is 24.2 Å². The van der Waals surface area contributed by atoms with Crippen LogP contribution in [0.2, 0.25) is 5.02 Å². The lowest BCUT2D eigenvalue weighted by atomic mass is 10.0. The van der Waals surface area contributed by atoms with Crippen molar-refractivity contribution >= 4 is 34.3 Å². The van der Waals surface area contributed by atoms with Gasteiger partial charge in [-0.2, -0.15) is 5.10 Å². The van der Waals surface area contributed by atoms with Crippen LogP contribution in [-0.4, -0.2) is 33.4 Å². The molecule has 0 fully saturated rings. The van der Waals surface area contributed by atoms with Gasteiger partial charge in [-0.15, -0.1) is 0 Å². The number of carbonyl (C=O) groups is 2. The molecule has 0 aliphatic carbocycles. The second-order valence-electron chi connectivity index (χ2n) is 5.87. The van der Waals surface area contributed by atoms with Gasteiger partial charge in [0.25, 0.3) is 0 Å². The molecule has 26 heavy (non-hydrogen) atoms. The number of fused-ring (bicyclic) bond motifs is 2. The van der Waals surface area contributed by atoms with E-state index in [-0.39, 0.29) is 18.3 Å². The first kappa shape index (κ1) is 16.4. The molecule has 0 amide bonds. The van der Waals surface area contributed by atoms with Gasteiger partial charge in [0.2, 0.25) is 12.6 Å². The normalized spacial score (nSPS) is 13.8. The predicted octanol–water partition coefficient (Wildman–Crippen LogP) is 3.30. The number of nitrogens with zero attached hydrogens (tertiary/aromatic N) is 2. The third kappa shape index (κ3) is 2.57. The van der Waals surface area contributed by atoms with Crippen LogP contribution in [0.15, 0.2) is 36.4 Å². The van der Waals surface area contributed by atoms with E-state index in [0.29, 0.717) is 33.0 Å². The predicted molar refractivity (Wildman–Crippen MR) is 93.1 cm³/mol. The Morgan fingerprint density at radius 1 is 1.19 bits per heavy atom.